The highest BCUT2D eigenvalue weighted by Crippen LogP contribution is 2.28. The number of thiazole rings is 1. The molecule has 1 N–H and O–H groups in total. The molecule has 1 heterocycles. The average molecular weight is 307 g/mol. The van der Waals surface area contributed by atoms with Crippen LogP contribution in [0.25, 0.3) is 0 Å². The van der Waals surface area contributed by atoms with Crippen LogP contribution in [0.15, 0.2) is 29.6 Å². The average Bonchev–Trinajstić information content (AvgIpc) is 2.87. The molecule has 114 valence electrons. The molecule has 3 nitrogen and oxygen atoms in total. The molecule has 0 aliphatic heterocycles. The zero-order valence-corrected chi connectivity index (χ0v) is 13.8. The van der Waals surface area contributed by atoms with Gasteiger partial charge in [-0.2, -0.15) is 0 Å². The summed E-state index contributed by atoms with van der Waals surface area (Å²) >= 11 is 1.61. The van der Waals surface area contributed by atoms with Gasteiger partial charge < -0.3 is 10.2 Å². The Balaban J connectivity index is 2.12. The standard InChI is InChI=1S/C16H22FN3S/c1-5-20(14-8-6-12(17)7-9-14)15-19-13(11-21-15)10-18-16(2,3)4/h6-9,11,18H,5,10H2,1-4H3. The van der Waals surface area contributed by atoms with Gasteiger partial charge in [0, 0.05) is 29.7 Å². The number of aromatic nitrogens is 1. The van der Waals surface area contributed by atoms with Crippen LogP contribution in [-0.4, -0.2) is 17.1 Å². The summed E-state index contributed by atoms with van der Waals surface area (Å²) < 4.78 is 13.0. The number of hydrogen-bond acceptors (Lipinski definition) is 4. The summed E-state index contributed by atoms with van der Waals surface area (Å²) in [6.07, 6.45) is 0. The number of benzene rings is 1. The van der Waals surface area contributed by atoms with Crippen LogP contribution in [-0.2, 0) is 6.54 Å². The predicted molar refractivity (Wildman–Crippen MR) is 87.8 cm³/mol. The Morgan fingerprint density at radius 1 is 1.24 bits per heavy atom. The third-order valence-electron chi connectivity index (χ3n) is 3.02. The summed E-state index contributed by atoms with van der Waals surface area (Å²) in [6, 6.07) is 6.53. The van der Waals surface area contributed by atoms with Crippen LogP contribution in [0.2, 0.25) is 0 Å². The first-order chi connectivity index (χ1) is 9.89. The summed E-state index contributed by atoms with van der Waals surface area (Å²) in [7, 11) is 0. The first-order valence-electron chi connectivity index (χ1n) is 7.11. The monoisotopic (exact) mass is 307 g/mol. The first-order valence-corrected chi connectivity index (χ1v) is 7.99. The zero-order valence-electron chi connectivity index (χ0n) is 13.0. The third kappa shape index (κ3) is 4.51. The van der Waals surface area contributed by atoms with Gasteiger partial charge in [0.25, 0.3) is 0 Å². The van der Waals surface area contributed by atoms with Crippen LogP contribution in [0, 0.1) is 5.82 Å². The van der Waals surface area contributed by atoms with Crippen molar-refractivity contribution in [2.45, 2.75) is 39.8 Å². The van der Waals surface area contributed by atoms with Crippen molar-refractivity contribution in [2.24, 2.45) is 0 Å². The molecular weight excluding hydrogens is 285 g/mol. The van der Waals surface area contributed by atoms with Crippen molar-refractivity contribution in [3.05, 3.63) is 41.2 Å². The molecule has 2 rings (SSSR count). The summed E-state index contributed by atoms with van der Waals surface area (Å²) in [6.45, 7) is 10.0. The minimum absolute atomic E-state index is 0.0746. The van der Waals surface area contributed by atoms with E-state index in [4.69, 9.17) is 0 Å². The molecule has 5 heteroatoms. The van der Waals surface area contributed by atoms with E-state index in [9.17, 15) is 4.39 Å². The van der Waals surface area contributed by atoms with Gasteiger partial charge in [-0.15, -0.1) is 11.3 Å². The molecule has 0 aliphatic rings. The van der Waals surface area contributed by atoms with Crippen LogP contribution in [0.5, 0.6) is 0 Å². The minimum Gasteiger partial charge on any atom is -0.318 e. The number of nitrogens with one attached hydrogen (secondary N) is 1. The molecule has 0 saturated carbocycles. The van der Waals surface area contributed by atoms with Crippen molar-refractivity contribution in [2.75, 3.05) is 11.4 Å². The molecule has 1 aromatic heterocycles. The molecule has 0 amide bonds. The van der Waals surface area contributed by atoms with E-state index in [2.05, 4.69) is 48.3 Å². The summed E-state index contributed by atoms with van der Waals surface area (Å²) in [5, 5.41) is 6.44. The van der Waals surface area contributed by atoms with Gasteiger partial charge in [-0.05, 0) is 52.0 Å². The van der Waals surface area contributed by atoms with E-state index >= 15 is 0 Å². The van der Waals surface area contributed by atoms with Crippen LogP contribution in [0.4, 0.5) is 15.2 Å². The molecule has 2 aromatic rings. The van der Waals surface area contributed by atoms with Gasteiger partial charge in [0.1, 0.15) is 5.82 Å². The van der Waals surface area contributed by atoms with Crippen LogP contribution < -0.4 is 10.2 Å². The highest BCUT2D eigenvalue weighted by atomic mass is 32.1. The topological polar surface area (TPSA) is 28.2 Å². The van der Waals surface area contributed by atoms with E-state index in [1.165, 1.54) is 12.1 Å². The Bertz CT molecular complexity index is 572. The van der Waals surface area contributed by atoms with Crippen molar-refractivity contribution in [1.82, 2.24) is 10.3 Å². The molecular formula is C16H22FN3S. The Hall–Kier alpha value is -1.46. The Labute approximate surface area is 129 Å². The number of anilines is 2. The van der Waals surface area contributed by atoms with Crippen molar-refractivity contribution in [3.63, 3.8) is 0 Å². The fourth-order valence-corrected chi connectivity index (χ4v) is 2.82. The molecule has 0 unspecified atom stereocenters. The van der Waals surface area contributed by atoms with E-state index < -0.39 is 0 Å². The molecule has 0 saturated heterocycles. The van der Waals surface area contributed by atoms with Crippen molar-refractivity contribution >= 4 is 22.2 Å². The number of rotatable bonds is 5. The van der Waals surface area contributed by atoms with E-state index in [1.807, 2.05) is 0 Å². The fraction of sp³-hybridized carbons (Fsp3) is 0.438. The van der Waals surface area contributed by atoms with E-state index in [-0.39, 0.29) is 11.4 Å². The van der Waals surface area contributed by atoms with Gasteiger partial charge in [-0.25, -0.2) is 9.37 Å². The lowest BCUT2D eigenvalue weighted by atomic mass is 10.1. The molecule has 0 radical (unpaired) electrons. The molecule has 0 fully saturated rings. The number of nitrogens with zero attached hydrogens (tertiary/aromatic N) is 2. The smallest absolute Gasteiger partial charge is 0.190 e. The third-order valence-corrected chi connectivity index (χ3v) is 3.94. The van der Waals surface area contributed by atoms with Crippen molar-refractivity contribution < 1.29 is 4.39 Å². The second kappa shape index (κ2) is 6.54. The predicted octanol–water partition coefficient (Wildman–Crippen LogP) is 4.33. The molecule has 0 spiro atoms. The van der Waals surface area contributed by atoms with Crippen LogP contribution >= 0.6 is 11.3 Å². The minimum atomic E-state index is -0.219. The molecule has 0 atom stereocenters. The van der Waals surface area contributed by atoms with Gasteiger partial charge in [0.15, 0.2) is 5.13 Å². The normalized spacial score (nSPS) is 11.7. The number of hydrogen-bond donors (Lipinski definition) is 1. The van der Waals surface area contributed by atoms with Gasteiger partial charge in [0.2, 0.25) is 0 Å². The Morgan fingerprint density at radius 3 is 2.48 bits per heavy atom. The highest BCUT2D eigenvalue weighted by molar-refractivity contribution is 7.13. The Kier molecular flexibility index (Phi) is 4.96. The van der Waals surface area contributed by atoms with Gasteiger partial charge in [-0.3, -0.25) is 0 Å². The maximum absolute atomic E-state index is 13.0. The van der Waals surface area contributed by atoms with Crippen molar-refractivity contribution in [3.8, 4) is 0 Å². The summed E-state index contributed by atoms with van der Waals surface area (Å²) in [5.41, 5.74) is 2.07. The quantitative estimate of drug-likeness (QED) is 0.891. The van der Waals surface area contributed by atoms with E-state index in [0.717, 1.165) is 29.6 Å². The fourth-order valence-electron chi connectivity index (χ4n) is 1.91. The molecule has 21 heavy (non-hydrogen) atoms. The molecule has 0 aliphatic carbocycles. The van der Waals surface area contributed by atoms with Crippen LogP contribution in [0.3, 0.4) is 0 Å². The number of halogens is 1. The van der Waals surface area contributed by atoms with Crippen molar-refractivity contribution in [1.29, 1.82) is 0 Å². The lowest BCUT2D eigenvalue weighted by Gasteiger charge is -2.20. The molecule has 1 aromatic carbocycles. The largest absolute Gasteiger partial charge is 0.318 e. The lowest BCUT2D eigenvalue weighted by molar-refractivity contribution is 0.422. The Morgan fingerprint density at radius 2 is 1.90 bits per heavy atom. The maximum atomic E-state index is 13.0. The van der Waals surface area contributed by atoms with Gasteiger partial charge in [0.05, 0.1) is 5.69 Å². The highest BCUT2D eigenvalue weighted by Gasteiger charge is 2.14. The summed E-state index contributed by atoms with van der Waals surface area (Å²) in [5.74, 6) is -0.219. The maximum Gasteiger partial charge on any atom is 0.190 e. The summed E-state index contributed by atoms with van der Waals surface area (Å²) in [4.78, 5) is 6.76. The zero-order chi connectivity index (χ0) is 15.5. The first kappa shape index (κ1) is 15.9. The van der Waals surface area contributed by atoms with Gasteiger partial charge >= 0.3 is 0 Å². The van der Waals surface area contributed by atoms with E-state index in [0.29, 0.717) is 0 Å². The molecule has 0 bridgehead atoms. The van der Waals surface area contributed by atoms with Gasteiger partial charge in [-0.1, -0.05) is 0 Å². The second-order valence-electron chi connectivity index (χ2n) is 5.95. The van der Waals surface area contributed by atoms with Crippen LogP contribution in [0.1, 0.15) is 33.4 Å². The SMILES string of the molecule is CCN(c1ccc(F)cc1)c1nc(CNC(C)(C)C)cs1. The lowest BCUT2D eigenvalue weighted by Crippen LogP contribution is -2.35. The van der Waals surface area contributed by atoms with E-state index in [1.54, 1.807) is 23.5 Å². The second-order valence-corrected chi connectivity index (χ2v) is 6.78.